The number of carbonyl (C=O) groups excluding carboxylic acids is 1. The van der Waals surface area contributed by atoms with E-state index >= 15 is 0 Å². The molecule has 2 nitrogen and oxygen atoms in total. The van der Waals surface area contributed by atoms with Gasteiger partial charge in [0.25, 0.3) is 0 Å². The van der Waals surface area contributed by atoms with Crippen LogP contribution in [0.5, 0.6) is 0 Å². The van der Waals surface area contributed by atoms with Crippen molar-refractivity contribution in [2.24, 2.45) is 0 Å². The zero-order chi connectivity index (χ0) is 7.28. The van der Waals surface area contributed by atoms with Gasteiger partial charge in [-0.25, -0.2) is 0 Å². The van der Waals surface area contributed by atoms with Gasteiger partial charge >= 0.3 is 5.37 Å². The molecule has 0 bridgehead atoms. The maximum atomic E-state index is 10.1. The zero-order valence-corrected chi connectivity index (χ0v) is 6.67. The van der Waals surface area contributed by atoms with E-state index in [-0.39, 0.29) is 5.38 Å². The van der Waals surface area contributed by atoms with Crippen molar-refractivity contribution in [1.29, 1.82) is 0 Å². The van der Waals surface area contributed by atoms with Crippen molar-refractivity contribution in [3.63, 3.8) is 0 Å². The Morgan fingerprint density at radius 3 is 2.67 bits per heavy atom. The minimum absolute atomic E-state index is 0.00676. The number of carbonyl (C=O) groups is 1. The minimum Gasteiger partial charge on any atom is -0.341 e. The van der Waals surface area contributed by atoms with Crippen molar-refractivity contribution in [2.75, 3.05) is 6.54 Å². The van der Waals surface area contributed by atoms with Gasteiger partial charge in [0, 0.05) is 6.54 Å². The molecule has 0 saturated carbocycles. The van der Waals surface area contributed by atoms with Crippen molar-refractivity contribution < 1.29 is 4.79 Å². The average Bonchev–Trinajstić information content (AvgIpc) is 1.83. The molecule has 0 radical (unpaired) electrons. The lowest BCUT2D eigenvalue weighted by Gasteiger charge is -2.03. The second-order valence-electron chi connectivity index (χ2n) is 1.66. The second-order valence-corrected chi connectivity index (χ2v) is 2.62. The van der Waals surface area contributed by atoms with Crippen LogP contribution in [0.1, 0.15) is 13.3 Å². The Bertz CT molecular complexity index is 97.0. The molecule has 54 valence electrons. The Hall–Kier alpha value is 0.0500. The van der Waals surface area contributed by atoms with Gasteiger partial charge in [0.15, 0.2) is 0 Å². The molecule has 1 amide bonds. The Kier molecular flexibility index (Phi) is 4.91. The smallest absolute Gasteiger partial charge is 0.313 e. The summed E-state index contributed by atoms with van der Waals surface area (Å²) >= 11 is 10.6. The highest BCUT2D eigenvalue weighted by Crippen LogP contribution is 1.98. The van der Waals surface area contributed by atoms with E-state index < -0.39 is 5.37 Å². The lowest BCUT2D eigenvalue weighted by atomic mass is 10.3. The van der Waals surface area contributed by atoms with Gasteiger partial charge in [-0.15, -0.1) is 11.6 Å². The van der Waals surface area contributed by atoms with Gasteiger partial charge in [-0.2, -0.15) is 0 Å². The van der Waals surface area contributed by atoms with Crippen LogP contribution in [0.4, 0.5) is 4.79 Å². The van der Waals surface area contributed by atoms with Crippen LogP contribution in [0.2, 0.25) is 0 Å². The molecule has 0 aromatic rings. The average molecular weight is 170 g/mol. The first-order valence-electron chi connectivity index (χ1n) is 2.74. The summed E-state index contributed by atoms with van der Waals surface area (Å²) in [6.45, 7) is 2.39. The monoisotopic (exact) mass is 169 g/mol. The summed E-state index contributed by atoms with van der Waals surface area (Å²) in [5.41, 5.74) is 0. The summed E-state index contributed by atoms with van der Waals surface area (Å²) < 4.78 is 0. The third-order valence-corrected chi connectivity index (χ3v) is 1.50. The van der Waals surface area contributed by atoms with E-state index in [1.165, 1.54) is 0 Å². The normalized spacial score (nSPS) is 12.8. The molecule has 0 aliphatic rings. The molecule has 9 heavy (non-hydrogen) atoms. The zero-order valence-electron chi connectivity index (χ0n) is 5.16. The molecule has 4 heteroatoms. The molecule has 0 spiro atoms. The molecule has 0 heterocycles. The van der Waals surface area contributed by atoms with E-state index in [1.807, 2.05) is 6.92 Å². The van der Waals surface area contributed by atoms with E-state index in [0.29, 0.717) is 6.54 Å². The van der Waals surface area contributed by atoms with E-state index in [1.54, 1.807) is 0 Å². The maximum absolute atomic E-state index is 10.1. The third-order valence-electron chi connectivity index (χ3n) is 0.906. The number of halogens is 2. The summed E-state index contributed by atoms with van der Waals surface area (Å²) in [6, 6.07) is 0. The highest BCUT2D eigenvalue weighted by atomic mass is 35.5. The minimum atomic E-state index is -0.547. The molecule has 0 rings (SSSR count). The SMILES string of the molecule is CCC(Cl)CNC(=O)Cl. The first-order valence-corrected chi connectivity index (χ1v) is 3.55. The largest absolute Gasteiger partial charge is 0.341 e. The fourth-order valence-corrected chi connectivity index (χ4v) is 0.490. The lowest BCUT2D eigenvalue weighted by molar-refractivity contribution is 0.259. The number of rotatable bonds is 3. The Morgan fingerprint density at radius 2 is 2.33 bits per heavy atom. The van der Waals surface area contributed by atoms with Gasteiger partial charge in [0.05, 0.1) is 5.38 Å². The van der Waals surface area contributed by atoms with Crippen molar-refractivity contribution in [2.45, 2.75) is 18.7 Å². The molecular weight excluding hydrogens is 161 g/mol. The molecular formula is C5H9Cl2NO. The van der Waals surface area contributed by atoms with E-state index in [2.05, 4.69) is 5.32 Å². The summed E-state index contributed by atoms with van der Waals surface area (Å²) in [4.78, 5) is 10.1. The summed E-state index contributed by atoms with van der Waals surface area (Å²) in [5, 5.41) is 1.84. The van der Waals surface area contributed by atoms with Gasteiger partial charge in [0.2, 0.25) is 0 Å². The van der Waals surface area contributed by atoms with Crippen molar-refractivity contribution in [3.8, 4) is 0 Å². The van der Waals surface area contributed by atoms with Crippen LogP contribution in [0, 0.1) is 0 Å². The molecule has 0 fully saturated rings. The Labute approximate surface area is 64.5 Å². The van der Waals surface area contributed by atoms with Gasteiger partial charge in [-0.05, 0) is 18.0 Å². The highest BCUT2D eigenvalue weighted by Gasteiger charge is 2.00. The third kappa shape index (κ3) is 5.93. The van der Waals surface area contributed by atoms with Gasteiger partial charge < -0.3 is 5.32 Å². The van der Waals surface area contributed by atoms with Crippen LogP contribution >= 0.6 is 23.2 Å². The first-order chi connectivity index (χ1) is 4.16. The van der Waals surface area contributed by atoms with Crippen LogP contribution in [-0.4, -0.2) is 17.3 Å². The molecule has 0 saturated heterocycles. The molecule has 0 aliphatic carbocycles. The second kappa shape index (κ2) is 4.89. The number of hydrogen-bond acceptors (Lipinski definition) is 1. The van der Waals surface area contributed by atoms with Gasteiger partial charge in [-0.1, -0.05) is 6.92 Å². The number of hydrogen-bond donors (Lipinski definition) is 1. The van der Waals surface area contributed by atoms with Crippen LogP contribution in [-0.2, 0) is 0 Å². The van der Waals surface area contributed by atoms with Crippen molar-refractivity contribution >= 4 is 28.6 Å². The maximum Gasteiger partial charge on any atom is 0.313 e. The molecule has 0 aromatic carbocycles. The van der Waals surface area contributed by atoms with Gasteiger partial charge in [0.1, 0.15) is 0 Å². The molecule has 1 N–H and O–H groups in total. The molecule has 1 atom stereocenters. The standard InChI is InChI=1S/C5H9Cl2NO/c1-2-4(6)3-8-5(7)9/h4H,2-3H2,1H3,(H,8,9). The van der Waals surface area contributed by atoms with Crippen molar-refractivity contribution in [3.05, 3.63) is 0 Å². The van der Waals surface area contributed by atoms with Crippen LogP contribution in [0.15, 0.2) is 0 Å². The summed E-state index contributed by atoms with van der Waals surface area (Å²) in [6.07, 6.45) is 0.832. The molecule has 0 aliphatic heterocycles. The topological polar surface area (TPSA) is 29.1 Å². The van der Waals surface area contributed by atoms with E-state index in [9.17, 15) is 4.79 Å². The molecule has 0 aromatic heterocycles. The van der Waals surface area contributed by atoms with Crippen LogP contribution in [0.3, 0.4) is 0 Å². The summed E-state index contributed by atoms with van der Waals surface area (Å²) in [5.74, 6) is 0. The van der Waals surface area contributed by atoms with Crippen LogP contribution in [0.25, 0.3) is 0 Å². The summed E-state index contributed by atoms with van der Waals surface area (Å²) in [7, 11) is 0. The number of alkyl halides is 1. The Balaban J connectivity index is 3.16. The predicted molar refractivity (Wildman–Crippen MR) is 39.2 cm³/mol. The fraction of sp³-hybridized carbons (Fsp3) is 0.800. The number of amides is 1. The van der Waals surface area contributed by atoms with E-state index in [4.69, 9.17) is 23.2 Å². The van der Waals surface area contributed by atoms with Crippen molar-refractivity contribution in [1.82, 2.24) is 5.32 Å². The lowest BCUT2D eigenvalue weighted by Crippen LogP contribution is -2.24. The Morgan fingerprint density at radius 1 is 1.78 bits per heavy atom. The predicted octanol–water partition coefficient (Wildman–Crippen LogP) is 1.95. The van der Waals surface area contributed by atoms with Crippen LogP contribution < -0.4 is 5.32 Å². The first kappa shape index (κ1) is 9.05. The fourth-order valence-electron chi connectivity index (χ4n) is 0.335. The van der Waals surface area contributed by atoms with Gasteiger partial charge in [-0.3, -0.25) is 4.79 Å². The quantitative estimate of drug-likeness (QED) is 0.391. The number of nitrogens with one attached hydrogen (secondary N) is 1. The molecule has 1 unspecified atom stereocenters. The highest BCUT2D eigenvalue weighted by molar-refractivity contribution is 6.62. The van der Waals surface area contributed by atoms with E-state index in [0.717, 1.165) is 6.42 Å².